The molecule has 6 heteroatoms. The first kappa shape index (κ1) is 12.8. The van der Waals surface area contributed by atoms with E-state index >= 15 is 0 Å². The van der Waals surface area contributed by atoms with Gasteiger partial charge >= 0.3 is 0 Å². The van der Waals surface area contributed by atoms with Gasteiger partial charge in [0, 0.05) is 12.4 Å². The molecule has 2 rings (SSSR count). The second kappa shape index (κ2) is 4.55. The lowest BCUT2D eigenvalue weighted by Gasteiger charge is -2.03. The highest BCUT2D eigenvalue weighted by atomic mass is 79.9. The third kappa shape index (κ3) is 1.96. The summed E-state index contributed by atoms with van der Waals surface area (Å²) in [5, 5.41) is 4.19. The average molecular weight is 334 g/mol. The zero-order chi connectivity index (χ0) is 12.7. The van der Waals surface area contributed by atoms with Gasteiger partial charge in [-0.15, -0.1) is 11.3 Å². The quantitative estimate of drug-likeness (QED) is 0.865. The Kier molecular flexibility index (Phi) is 3.43. The van der Waals surface area contributed by atoms with Crippen molar-refractivity contribution in [2.75, 3.05) is 7.05 Å². The number of amides is 1. The van der Waals surface area contributed by atoms with Crippen LogP contribution in [0, 0.1) is 13.8 Å². The fourth-order valence-corrected chi connectivity index (χ4v) is 3.94. The summed E-state index contributed by atoms with van der Waals surface area (Å²) in [5.41, 5.74) is 1.74. The average Bonchev–Trinajstić information content (AvgIpc) is 2.62. The maximum absolute atomic E-state index is 11.7. The van der Waals surface area contributed by atoms with Crippen molar-refractivity contribution in [3.63, 3.8) is 0 Å². The van der Waals surface area contributed by atoms with Crippen molar-refractivity contribution in [3.05, 3.63) is 25.6 Å². The first-order valence-electron chi connectivity index (χ1n) is 4.94. The van der Waals surface area contributed by atoms with Gasteiger partial charge in [0.25, 0.3) is 5.91 Å². The van der Waals surface area contributed by atoms with Crippen molar-refractivity contribution in [2.24, 2.45) is 0 Å². The number of hydrogen-bond acceptors (Lipinski definition) is 3. The monoisotopic (exact) mass is 332 g/mol. The molecule has 0 unspecified atom stereocenters. The molecule has 2 heterocycles. The summed E-state index contributed by atoms with van der Waals surface area (Å²) in [6.07, 6.45) is 0. The Hall–Kier alpha value is -0.650. The zero-order valence-corrected chi connectivity index (χ0v) is 12.7. The van der Waals surface area contributed by atoms with Crippen LogP contribution in [-0.2, 0) is 0 Å². The Morgan fingerprint density at radius 2 is 2.12 bits per heavy atom. The largest absolute Gasteiger partial charge is 0.354 e. The number of aryl methyl sites for hydroxylation is 2. The van der Waals surface area contributed by atoms with Crippen molar-refractivity contribution in [3.8, 4) is 0 Å². The number of hydrogen-bond donors (Lipinski definition) is 1. The van der Waals surface area contributed by atoms with E-state index < -0.39 is 0 Å². The van der Waals surface area contributed by atoms with E-state index in [0.29, 0.717) is 9.90 Å². The number of fused-ring (bicyclic) bond motifs is 1. The van der Waals surface area contributed by atoms with Gasteiger partial charge in [-0.25, -0.2) is 4.98 Å². The molecule has 0 saturated heterocycles. The van der Waals surface area contributed by atoms with Gasteiger partial charge in [-0.2, -0.15) is 0 Å². The maximum atomic E-state index is 11.7. The van der Waals surface area contributed by atoms with Gasteiger partial charge in [-0.05, 0) is 35.3 Å². The van der Waals surface area contributed by atoms with Crippen LogP contribution in [0.4, 0.5) is 0 Å². The molecule has 17 heavy (non-hydrogen) atoms. The molecule has 0 saturated carbocycles. The Bertz CT molecular complexity index is 624. The Balaban J connectivity index is 2.83. The molecule has 1 amide bonds. The topological polar surface area (TPSA) is 42.0 Å². The van der Waals surface area contributed by atoms with Crippen molar-refractivity contribution in [2.45, 2.75) is 13.8 Å². The van der Waals surface area contributed by atoms with Crippen LogP contribution in [0.15, 0.2) is 4.47 Å². The predicted molar refractivity (Wildman–Crippen MR) is 75.2 cm³/mol. The molecule has 2 aromatic heterocycles. The summed E-state index contributed by atoms with van der Waals surface area (Å²) < 4.78 is 0.767. The van der Waals surface area contributed by atoms with E-state index in [1.54, 1.807) is 7.05 Å². The lowest BCUT2D eigenvalue weighted by atomic mass is 10.2. The van der Waals surface area contributed by atoms with Gasteiger partial charge in [-0.1, -0.05) is 11.6 Å². The third-order valence-electron chi connectivity index (χ3n) is 2.56. The Morgan fingerprint density at radius 1 is 1.47 bits per heavy atom. The van der Waals surface area contributed by atoms with Crippen molar-refractivity contribution >= 4 is 55.0 Å². The zero-order valence-electron chi connectivity index (χ0n) is 9.52. The molecule has 3 nitrogen and oxygen atoms in total. The standard InChI is InChI=1S/C11H10BrClN2OS/c1-4-6-7(12)9(10(16)14-3)17-11(6)15-5(2)8(4)13/h1-3H3,(H,14,16). The number of halogens is 2. The van der Waals surface area contributed by atoms with Crippen molar-refractivity contribution < 1.29 is 4.79 Å². The maximum Gasteiger partial charge on any atom is 0.262 e. The number of carbonyl (C=O) groups is 1. The summed E-state index contributed by atoms with van der Waals surface area (Å²) >= 11 is 11.0. The Morgan fingerprint density at radius 3 is 2.71 bits per heavy atom. The summed E-state index contributed by atoms with van der Waals surface area (Å²) in [5.74, 6) is -0.118. The van der Waals surface area contributed by atoms with Gasteiger partial charge < -0.3 is 5.32 Å². The number of nitrogens with zero attached hydrogens (tertiary/aromatic N) is 1. The number of carbonyl (C=O) groups excluding carboxylic acids is 1. The summed E-state index contributed by atoms with van der Waals surface area (Å²) in [7, 11) is 1.61. The second-order valence-electron chi connectivity index (χ2n) is 3.64. The van der Waals surface area contributed by atoms with E-state index in [2.05, 4.69) is 26.2 Å². The molecule has 0 spiro atoms. The molecule has 0 atom stereocenters. The second-order valence-corrected chi connectivity index (χ2v) is 5.81. The first-order chi connectivity index (χ1) is 7.97. The fourth-order valence-electron chi connectivity index (χ4n) is 1.65. The molecule has 1 N–H and O–H groups in total. The number of nitrogens with one attached hydrogen (secondary N) is 1. The molecule has 0 aliphatic rings. The lowest BCUT2D eigenvalue weighted by Crippen LogP contribution is -2.16. The fraction of sp³-hybridized carbons (Fsp3) is 0.273. The van der Waals surface area contributed by atoms with E-state index in [0.717, 1.165) is 25.9 Å². The van der Waals surface area contributed by atoms with Gasteiger partial charge in [0.05, 0.1) is 15.2 Å². The van der Waals surface area contributed by atoms with Gasteiger partial charge in [0.15, 0.2) is 0 Å². The first-order valence-corrected chi connectivity index (χ1v) is 6.93. The van der Waals surface area contributed by atoms with Crippen LogP contribution < -0.4 is 5.32 Å². The third-order valence-corrected chi connectivity index (χ3v) is 5.25. The highest BCUT2D eigenvalue weighted by Gasteiger charge is 2.20. The van der Waals surface area contributed by atoms with Crippen LogP contribution >= 0.6 is 38.9 Å². The minimum absolute atomic E-state index is 0.118. The summed E-state index contributed by atoms with van der Waals surface area (Å²) in [6, 6.07) is 0. The number of rotatable bonds is 1. The number of aromatic nitrogens is 1. The highest BCUT2D eigenvalue weighted by Crippen LogP contribution is 2.39. The predicted octanol–water partition coefficient (Wildman–Crippen LogP) is 3.69. The van der Waals surface area contributed by atoms with Crippen LogP contribution in [0.1, 0.15) is 20.9 Å². The number of thiophene rings is 1. The molecular formula is C11H10BrClN2OS. The van der Waals surface area contributed by atoms with E-state index in [1.807, 2.05) is 13.8 Å². The lowest BCUT2D eigenvalue weighted by molar-refractivity contribution is 0.0966. The smallest absolute Gasteiger partial charge is 0.262 e. The van der Waals surface area contributed by atoms with Crippen molar-refractivity contribution in [1.82, 2.24) is 10.3 Å². The molecule has 0 bridgehead atoms. The molecule has 0 aliphatic carbocycles. The number of pyridine rings is 1. The normalized spacial score (nSPS) is 10.9. The van der Waals surface area contributed by atoms with E-state index in [4.69, 9.17) is 11.6 Å². The molecule has 2 aromatic rings. The Labute approximate surface area is 116 Å². The molecular weight excluding hydrogens is 324 g/mol. The SMILES string of the molecule is CNC(=O)c1sc2nc(C)c(Cl)c(C)c2c1Br. The van der Waals surface area contributed by atoms with E-state index in [1.165, 1.54) is 11.3 Å². The van der Waals surface area contributed by atoms with Gasteiger partial charge in [0.1, 0.15) is 9.71 Å². The van der Waals surface area contributed by atoms with Crippen LogP contribution in [-0.4, -0.2) is 17.9 Å². The summed E-state index contributed by atoms with van der Waals surface area (Å²) in [6.45, 7) is 3.80. The van der Waals surface area contributed by atoms with Gasteiger partial charge in [0.2, 0.25) is 0 Å². The molecule has 0 radical (unpaired) electrons. The minimum Gasteiger partial charge on any atom is -0.354 e. The minimum atomic E-state index is -0.118. The molecule has 90 valence electrons. The molecule has 0 fully saturated rings. The van der Waals surface area contributed by atoms with Crippen LogP contribution in [0.25, 0.3) is 10.2 Å². The van der Waals surface area contributed by atoms with E-state index in [-0.39, 0.29) is 5.91 Å². The van der Waals surface area contributed by atoms with E-state index in [9.17, 15) is 4.79 Å². The van der Waals surface area contributed by atoms with Gasteiger partial charge in [-0.3, -0.25) is 4.79 Å². The van der Waals surface area contributed by atoms with Crippen molar-refractivity contribution in [1.29, 1.82) is 0 Å². The van der Waals surface area contributed by atoms with Crippen LogP contribution in [0.3, 0.4) is 0 Å². The highest BCUT2D eigenvalue weighted by molar-refractivity contribution is 9.10. The van der Waals surface area contributed by atoms with Crippen LogP contribution in [0.2, 0.25) is 5.02 Å². The van der Waals surface area contributed by atoms with Crippen LogP contribution in [0.5, 0.6) is 0 Å². The summed E-state index contributed by atoms with van der Waals surface area (Å²) in [4.78, 5) is 17.6. The molecule has 0 aromatic carbocycles. The molecule has 0 aliphatic heterocycles.